The number of tetrazole rings is 1. The Morgan fingerprint density at radius 3 is 2.61 bits per heavy atom. The first kappa shape index (κ1) is 29.6. The normalized spacial score (nSPS) is 23.5. The minimum atomic E-state index is -3.66. The summed E-state index contributed by atoms with van der Waals surface area (Å²) in [4.78, 5) is 0.325. The SMILES string of the molecule is Br.CCCCCOc1ccc(S(=O)(=O)[C@@H]2[C@H]3N[C@H](C[C@@H]3Cn3cnnn3)[C@H]2NCc2ccc3ccccc3c2)cc1. The van der Waals surface area contributed by atoms with Crippen molar-refractivity contribution < 1.29 is 13.2 Å². The molecule has 2 saturated heterocycles. The van der Waals surface area contributed by atoms with Crippen molar-refractivity contribution in [1.82, 2.24) is 30.8 Å². The van der Waals surface area contributed by atoms with Crippen LogP contribution in [0.15, 0.2) is 78.0 Å². The fraction of sp³-hybridized carbons (Fsp3) is 0.433. The van der Waals surface area contributed by atoms with Crippen LogP contribution in [0.5, 0.6) is 5.75 Å². The topological polar surface area (TPSA) is 111 Å². The molecular weight excluding hydrogens is 604 g/mol. The summed E-state index contributed by atoms with van der Waals surface area (Å²) in [5.41, 5.74) is 1.13. The van der Waals surface area contributed by atoms with E-state index in [1.54, 1.807) is 35.3 Å². The molecule has 11 heteroatoms. The molecule has 0 amide bonds. The van der Waals surface area contributed by atoms with E-state index in [0.717, 1.165) is 31.2 Å². The summed E-state index contributed by atoms with van der Waals surface area (Å²) in [6.07, 6.45) is 5.67. The van der Waals surface area contributed by atoms with Crippen LogP contribution in [-0.2, 0) is 22.9 Å². The number of ether oxygens (including phenoxy) is 1. The van der Waals surface area contributed by atoms with Gasteiger partial charge < -0.3 is 15.4 Å². The van der Waals surface area contributed by atoms with Crippen molar-refractivity contribution in [3.63, 3.8) is 0 Å². The van der Waals surface area contributed by atoms with Gasteiger partial charge in [-0.15, -0.1) is 22.1 Å². The predicted molar refractivity (Wildman–Crippen MR) is 164 cm³/mol. The number of nitrogens with one attached hydrogen (secondary N) is 2. The van der Waals surface area contributed by atoms with Crippen molar-refractivity contribution in [3.05, 3.63) is 78.6 Å². The Labute approximate surface area is 251 Å². The summed E-state index contributed by atoms with van der Waals surface area (Å²) in [5, 5.41) is 20.5. The van der Waals surface area contributed by atoms with E-state index in [1.807, 2.05) is 12.1 Å². The standard InChI is InChI=1S/C30H36N6O3S.BrH/c1-2-3-6-15-39-25-11-13-26(14-12-25)40(37,38)30-28-24(19-36-20-32-34-35-36)17-27(33-28)29(30)31-18-21-9-10-22-7-4-5-8-23(22)16-21;/h4-5,7-14,16,20,24,27-31,33H,2-3,6,15,17-19H2,1H3;1H/t24-,27-,28+,29-,30-;/m1./s1. The predicted octanol–water partition coefficient (Wildman–Crippen LogP) is 4.33. The fourth-order valence-electron chi connectivity index (χ4n) is 6.34. The van der Waals surface area contributed by atoms with Crippen molar-refractivity contribution in [3.8, 4) is 5.75 Å². The largest absolute Gasteiger partial charge is 0.494 e. The molecule has 0 unspecified atom stereocenters. The molecular formula is C30H37BrN6O3S. The van der Waals surface area contributed by atoms with Crippen LogP contribution in [0.2, 0.25) is 0 Å². The number of fused-ring (bicyclic) bond motifs is 3. The Morgan fingerprint density at radius 1 is 1.05 bits per heavy atom. The zero-order valence-electron chi connectivity index (χ0n) is 23.1. The molecule has 218 valence electrons. The highest BCUT2D eigenvalue weighted by atomic mass is 79.9. The molecule has 5 atom stereocenters. The monoisotopic (exact) mass is 640 g/mol. The molecule has 0 spiro atoms. The van der Waals surface area contributed by atoms with Gasteiger partial charge in [0, 0.05) is 31.2 Å². The van der Waals surface area contributed by atoms with Gasteiger partial charge in [0.15, 0.2) is 9.84 Å². The third kappa shape index (κ3) is 6.33. The van der Waals surface area contributed by atoms with Crippen LogP contribution in [0.4, 0.5) is 0 Å². The molecule has 2 aliphatic heterocycles. The second-order valence-electron chi connectivity index (χ2n) is 11.0. The summed E-state index contributed by atoms with van der Waals surface area (Å²) in [6.45, 7) is 3.96. The van der Waals surface area contributed by atoms with Crippen LogP contribution in [0.25, 0.3) is 10.8 Å². The maximum atomic E-state index is 14.2. The number of halogens is 1. The second kappa shape index (κ2) is 13.0. The van der Waals surface area contributed by atoms with Crippen molar-refractivity contribution in [2.75, 3.05) is 6.61 Å². The van der Waals surface area contributed by atoms with Gasteiger partial charge >= 0.3 is 0 Å². The fourth-order valence-corrected chi connectivity index (χ4v) is 8.52. The first-order valence-corrected chi connectivity index (χ1v) is 15.7. The Hall–Kier alpha value is -2.86. The highest BCUT2D eigenvalue weighted by Gasteiger charge is 2.57. The minimum absolute atomic E-state index is 0. The lowest BCUT2D eigenvalue weighted by atomic mass is 9.85. The maximum absolute atomic E-state index is 14.2. The van der Waals surface area contributed by atoms with Gasteiger partial charge in [0.25, 0.3) is 0 Å². The molecule has 0 saturated carbocycles. The Kier molecular flexibility index (Phi) is 9.38. The van der Waals surface area contributed by atoms with Gasteiger partial charge in [0.05, 0.1) is 16.8 Å². The molecule has 4 aromatic rings. The lowest BCUT2D eigenvalue weighted by Crippen LogP contribution is -2.53. The summed E-state index contributed by atoms with van der Waals surface area (Å²) in [6, 6.07) is 21.2. The molecule has 1 aromatic heterocycles. The smallest absolute Gasteiger partial charge is 0.184 e. The van der Waals surface area contributed by atoms with E-state index >= 15 is 0 Å². The molecule has 2 N–H and O–H groups in total. The molecule has 6 rings (SSSR count). The average molecular weight is 642 g/mol. The molecule has 0 aliphatic carbocycles. The zero-order valence-corrected chi connectivity index (χ0v) is 25.6. The molecule has 9 nitrogen and oxygen atoms in total. The van der Waals surface area contributed by atoms with E-state index in [-0.39, 0.29) is 41.0 Å². The minimum Gasteiger partial charge on any atom is -0.494 e. The first-order valence-electron chi connectivity index (χ1n) is 14.2. The zero-order chi connectivity index (χ0) is 27.5. The van der Waals surface area contributed by atoms with E-state index in [1.165, 1.54) is 10.8 Å². The number of benzene rings is 3. The highest BCUT2D eigenvalue weighted by Crippen LogP contribution is 2.40. The molecule has 3 heterocycles. The van der Waals surface area contributed by atoms with E-state index in [0.29, 0.717) is 30.3 Å². The second-order valence-corrected chi connectivity index (χ2v) is 13.1. The number of sulfone groups is 1. The molecule has 2 fully saturated rings. The third-order valence-electron chi connectivity index (χ3n) is 8.31. The van der Waals surface area contributed by atoms with E-state index in [4.69, 9.17) is 4.74 Å². The lowest BCUT2D eigenvalue weighted by Gasteiger charge is -2.34. The van der Waals surface area contributed by atoms with Crippen LogP contribution in [0.3, 0.4) is 0 Å². The van der Waals surface area contributed by atoms with E-state index in [9.17, 15) is 8.42 Å². The van der Waals surface area contributed by atoms with Crippen molar-refractivity contribution in [1.29, 1.82) is 0 Å². The number of rotatable bonds is 12. The van der Waals surface area contributed by atoms with Gasteiger partial charge in [-0.25, -0.2) is 13.1 Å². The average Bonchev–Trinajstić information content (AvgIpc) is 3.72. The van der Waals surface area contributed by atoms with Crippen LogP contribution < -0.4 is 15.4 Å². The first-order chi connectivity index (χ1) is 19.5. The van der Waals surface area contributed by atoms with Crippen LogP contribution >= 0.6 is 17.0 Å². The summed E-state index contributed by atoms with van der Waals surface area (Å²) in [7, 11) is -3.66. The molecule has 41 heavy (non-hydrogen) atoms. The van der Waals surface area contributed by atoms with Crippen LogP contribution in [0.1, 0.15) is 38.2 Å². The molecule has 2 aliphatic rings. The Balaban J connectivity index is 0.00000337. The third-order valence-corrected chi connectivity index (χ3v) is 10.5. The summed E-state index contributed by atoms with van der Waals surface area (Å²) >= 11 is 0. The van der Waals surface area contributed by atoms with Gasteiger partial charge in [0.1, 0.15) is 12.1 Å². The van der Waals surface area contributed by atoms with Crippen molar-refractivity contribution in [2.45, 2.75) is 74.0 Å². The maximum Gasteiger partial charge on any atom is 0.184 e. The quantitative estimate of drug-likeness (QED) is 0.220. The van der Waals surface area contributed by atoms with Gasteiger partial charge in [-0.3, -0.25) is 0 Å². The van der Waals surface area contributed by atoms with Gasteiger partial charge in [0.2, 0.25) is 0 Å². The number of hydrogen-bond donors (Lipinski definition) is 2. The molecule has 0 radical (unpaired) electrons. The van der Waals surface area contributed by atoms with E-state index < -0.39 is 15.1 Å². The highest BCUT2D eigenvalue weighted by molar-refractivity contribution is 8.93. The van der Waals surface area contributed by atoms with Crippen LogP contribution in [-0.4, -0.2) is 58.6 Å². The molecule has 3 aromatic carbocycles. The number of aromatic nitrogens is 4. The summed E-state index contributed by atoms with van der Waals surface area (Å²) < 4.78 is 35.9. The van der Waals surface area contributed by atoms with Gasteiger partial charge in [-0.05, 0) is 75.9 Å². The number of hydrogen-bond acceptors (Lipinski definition) is 8. The number of unbranched alkanes of at least 4 members (excludes halogenated alkanes) is 2. The Bertz CT molecular complexity index is 1530. The van der Waals surface area contributed by atoms with Gasteiger partial charge in [-0.2, -0.15) is 0 Å². The van der Waals surface area contributed by atoms with E-state index in [2.05, 4.69) is 63.4 Å². The van der Waals surface area contributed by atoms with Crippen molar-refractivity contribution in [2.24, 2.45) is 5.92 Å². The lowest BCUT2D eigenvalue weighted by molar-refractivity contribution is 0.301. The van der Waals surface area contributed by atoms with Crippen LogP contribution in [0, 0.1) is 5.92 Å². The number of nitrogens with zero attached hydrogens (tertiary/aromatic N) is 4. The van der Waals surface area contributed by atoms with Gasteiger partial charge in [-0.1, -0.05) is 56.2 Å². The molecule has 2 bridgehead atoms. The summed E-state index contributed by atoms with van der Waals surface area (Å²) in [5.74, 6) is 0.803. The Morgan fingerprint density at radius 2 is 1.85 bits per heavy atom. The van der Waals surface area contributed by atoms with Crippen molar-refractivity contribution >= 4 is 37.6 Å².